The highest BCUT2D eigenvalue weighted by atomic mass is 127. The number of nitrogens with one attached hydrogen (secondary N) is 2. The van der Waals surface area contributed by atoms with Crippen LogP contribution in [0.15, 0.2) is 23.2 Å². The summed E-state index contributed by atoms with van der Waals surface area (Å²) in [5.74, 6) is 2.22. The Morgan fingerprint density at radius 2 is 1.83 bits per heavy atom. The number of rotatable bonds is 9. The molecule has 0 bridgehead atoms. The molecule has 7 heteroatoms. The van der Waals surface area contributed by atoms with Crippen molar-refractivity contribution in [2.45, 2.75) is 32.9 Å². The van der Waals surface area contributed by atoms with E-state index in [1.165, 1.54) is 0 Å². The Hall–Kier alpha value is -1.22. The zero-order chi connectivity index (χ0) is 17.1. The van der Waals surface area contributed by atoms with Crippen LogP contribution in [-0.2, 0) is 11.3 Å². The Kier molecular flexibility index (Phi) is 12.4. The Morgan fingerprint density at radius 3 is 2.42 bits per heavy atom. The monoisotopic (exact) mass is 451 g/mol. The predicted molar refractivity (Wildman–Crippen MR) is 109 cm³/mol. The third-order valence-corrected chi connectivity index (χ3v) is 3.20. The van der Waals surface area contributed by atoms with E-state index in [9.17, 15) is 0 Å². The van der Waals surface area contributed by atoms with E-state index in [2.05, 4.69) is 15.6 Å². The van der Waals surface area contributed by atoms with E-state index >= 15 is 0 Å². The summed E-state index contributed by atoms with van der Waals surface area (Å²) in [6, 6.07) is 5.85. The highest BCUT2D eigenvalue weighted by molar-refractivity contribution is 14.0. The Labute approximate surface area is 162 Å². The van der Waals surface area contributed by atoms with Gasteiger partial charge in [-0.3, -0.25) is 4.99 Å². The summed E-state index contributed by atoms with van der Waals surface area (Å²) in [6.07, 6.45) is 1.22. The number of hydrogen-bond acceptors (Lipinski definition) is 4. The molecule has 24 heavy (non-hydrogen) atoms. The van der Waals surface area contributed by atoms with Crippen molar-refractivity contribution in [1.82, 2.24) is 10.6 Å². The largest absolute Gasteiger partial charge is 0.493 e. The maximum Gasteiger partial charge on any atom is 0.191 e. The first-order chi connectivity index (χ1) is 11.1. The van der Waals surface area contributed by atoms with Crippen LogP contribution in [0.4, 0.5) is 0 Å². The molecule has 0 saturated carbocycles. The summed E-state index contributed by atoms with van der Waals surface area (Å²) < 4.78 is 16.1. The molecule has 0 atom stereocenters. The van der Waals surface area contributed by atoms with Crippen LogP contribution in [0.5, 0.6) is 11.5 Å². The number of aliphatic imine (C=N–C) groups is 1. The molecule has 0 aliphatic heterocycles. The summed E-state index contributed by atoms with van der Waals surface area (Å²) in [4.78, 5) is 4.21. The molecule has 1 aromatic carbocycles. The molecule has 0 spiro atoms. The van der Waals surface area contributed by atoms with Gasteiger partial charge in [-0.05, 0) is 38.0 Å². The second-order valence-electron chi connectivity index (χ2n) is 5.31. The van der Waals surface area contributed by atoms with Crippen LogP contribution in [0, 0.1) is 0 Å². The first-order valence-corrected chi connectivity index (χ1v) is 7.87. The fourth-order valence-electron chi connectivity index (χ4n) is 1.99. The number of guanidine groups is 1. The van der Waals surface area contributed by atoms with Crippen molar-refractivity contribution >= 4 is 29.9 Å². The van der Waals surface area contributed by atoms with Gasteiger partial charge in [0, 0.05) is 26.7 Å². The van der Waals surface area contributed by atoms with Crippen LogP contribution >= 0.6 is 24.0 Å². The van der Waals surface area contributed by atoms with Crippen LogP contribution in [-0.4, -0.2) is 46.5 Å². The van der Waals surface area contributed by atoms with E-state index in [0.29, 0.717) is 6.54 Å². The van der Waals surface area contributed by atoms with E-state index in [-0.39, 0.29) is 30.1 Å². The summed E-state index contributed by atoms with van der Waals surface area (Å²) in [7, 11) is 5.02. The first-order valence-electron chi connectivity index (χ1n) is 7.87. The molecule has 138 valence electrons. The van der Waals surface area contributed by atoms with Gasteiger partial charge in [-0.1, -0.05) is 6.07 Å². The van der Waals surface area contributed by atoms with Gasteiger partial charge in [-0.25, -0.2) is 0 Å². The van der Waals surface area contributed by atoms with Crippen LogP contribution in [0.1, 0.15) is 25.8 Å². The lowest BCUT2D eigenvalue weighted by Gasteiger charge is -2.14. The van der Waals surface area contributed by atoms with Crippen LogP contribution in [0.3, 0.4) is 0 Å². The number of methoxy groups -OCH3 is 2. The third kappa shape index (κ3) is 8.58. The third-order valence-electron chi connectivity index (χ3n) is 3.20. The molecule has 0 fully saturated rings. The van der Waals surface area contributed by atoms with Crippen molar-refractivity contribution in [2.24, 2.45) is 4.99 Å². The zero-order valence-corrected chi connectivity index (χ0v) is 17.5. The van der Waals surface area contributed by atoms with Crippen molar-refractivity contribution in [2.75, 3.05) is 34.4 Å². The maximum absolute atomic E-state index is 5.51. The van der Waals surface area contributed by atoms with Crippen molar-refractivity contribution in [3.63, 3.8) is 0 Å². The first kappa shape index (κ1) is 22.8. The summed E-state index contributed by atoms with van der Waals surface area (Å²) in [5.41, 5.74) is 1.09. The standard InChI is InChI=1S/C17H29N3O3.HI/c1-13(2)23-10-6-9-19-17(18-3)20-12-14-7-8-15(21-4)16(11-14)22-5;/h7-8,11,13H,6,9-10,12H2,1-5H3,(H2,18,19,20);1H. The van der Waals surface area contributed by atoms with Crippen LogP contribution in [0.2, 0.25) is 0 Å². The Bertz CT molecular complexity index is 496. The number of benzene rings is 1. The van der Waals surface area contributed by atoms with E-state index in [1.54, 1.807) is 21.3 Å². The molecule has 0 amide bonds. The molecule has 0 aromatic heterocycles. The topological polar surface area (TPSA) is 64.1 Å². The van der Waals surface area contributed by atoms with Gasteiger partial charge < -0.3 is 24.8 Å². The smallest absolute Gasteiger partial charge is 0.191 e. The van der Waals surface area contributed by atoms with E-state index in [4.69, 9.17) is 14.2 Å². The highest BCUT2D eigenvalue weighted by Gasteiger charge is 2.05. The fourth-order valence-corrected chi connectivity index (χ4v) is 1.99. The summed E-state index contributed by atoms with van der Waals surface area (Å²) in [5, 5.41) is 6.54. The quantitative estimate of drug-likeness (QED) is 0.262. The van der Waals surface area contributed by atoms with Gasteiger partial charge in [0.2, 0.25) is 0 Å². The van der Waals surface area contributed by atoms with E-state index in [1.807, 2.05) is 32.0 Å². The van der Waals surface area contributed by atoms with Gasteiger partial charge in [0.15, 0.2) is 17.5 Å². The Balaban J connectivity index is 0.00000529. The SMILES string of the molecule is CN=C(NCCCOC(C)C)NCc1ccc(OC)c(OC)c1.I. The number of ether oxygens (including phenoxy) is 3. The molecule has 0 saturated heterocycles. The molecular weight excluding hydrogens is 421 g/mol. The molecule has 1 aromatic rings. The van der Waals surface area contributed by atoms with Gasteiger partial charge in [0.1, 0.15) is 0 Å². The lowest BCUT2D eigenvalue weighted by atomic mass is 10.2. The minimum absolute atomic E-state index is 0. The van der Waals surface area contributed by atoms with Gasteiger partial charge in [-0.2, -0.15) is 0 Å². The molecular formula is C17H30IN3O3. The fraction of sp³-hybridized carbons (Fsp3) is 0.588. The van der Waals surface area contributed by atoms with E-state index in [0.717, 1.165) is 42.6 Å². The average Bonchev–Trinajstić information content (AvgIpc) is 2.56. The Morgan fingerprint density at radius 1 is 1.12 bits per heavy atom. The number of hydrogen-bond donors (Lipinski definition) is 2. The van der Waals surface area contributed by atoms with Gasteiger partial charge in [0.25, 0.3) is 0 Å². The normalized spacial score (nSPS) is 11.0. The molecule has 0 aliphatic rings. The number of nitrogens with zero attached hydrogens (tertiary/aromatic N) is 1. The van der Waals surface area contributed by atoms with Crippen molar-refractivity contribution < 1.29 is 14.2 Å². The molecule has 0 heterocycles. The molecule has 0 unspecified atom stereocenters. The lowest BCUT2D eigenvalue weighted by Crippen LogP contribution is -2.37. The molecule has 0 radical (unpaired) electrons. The second-order valence-corrected chi connectivity index (χ2v) is 5.31. The molecule has 0 aliphatic carbocycles. The summed E-state index contributed by atoms with van der Waals surface area (Å²) >= 11 is 0. The van der Waals surface area contributed by atoms with Gasteiger partial charge in [-0.15, -0.1) is 24.0 Å². The van der Waals surface area contributed by atoms with Crippen molar-refractivity contribution in [3.05, 3.63) is 23.8 Å². The van der Waals surface area contributed by atoms with Crippen molar-refractivity contribution in [1.29, 1.82) is 0 Å². The molecule has 1 rings (SSSR count). The van der Waals surface area contributed by atoms with Gasteiger partial charge >= 0.3 is 0 Å². The van der Waals surface area contributed by atoms with E-state index < -0.39 is 0 Å². The molecule has 2 N–H and O–H groups in total. The van der Waals surface area contributed by atoms with Crippen molar-refractivity contribution in [3.8, 4) is 11.5 Å². The zero-order valence-electron chi connectivity index (χ0n) is 15.2. The molecule has 6 nitrogen and oxygen atoms in total. The maximum atomic E-state index is 5.51. The minimum atomic E-state index is 0. The second kappa shape index (κ2) is 13.1. The predicted octanol–water partition coefficient (Wildman–Crippen LogP) is 2.80. The average molecular weight is 451 g/mol. The minimum Gasteiger partial charge on any atom is -0.493 e. The van der Waals surface area contributed by atoms with Crippen LogP contribution < -0.4 is 20.1 Å². The number of halogens is 1. The lowest BCUT2D eigenvalue weighted by molar-refractivity contribution is 0.0776. The van der Waals surface area contributed by atoms with Gasteiger partial charge in [0.05, 0.1) is 20.3 Å². The highest BCUT2D eigenvalue weighted by Crippen LogP contribution is 2.27. The van der Waals surface area contributed by atoms with Crippen LogP contribution in [0.25, 0.3) is 0 Å². The summed E-state index contributed by atoms with van der Waals surface area (Å²) in [6.45, 7) is 6.30.